The zero-order valence-corrected chi connectivity index (χ0v) is 46.5. The number of carbonyl (C=O) groups excluding carboxylic acids is 1. The number of hydrogen-bond donors (Lipinski definition) is 5. The Morgan fingerprint density at radius 3 is 0.986 bits per heavy atom. The van der Waals surface area contributed by atoms with Crippen molar-refractivity contribution < 1.29 is 25.2 Å². The van der Waals surface area contributed by atoms with Gasteiger partial charge in [0, 0.05) is 0 Å². The van der Waals surface area contributed by atoms with Crippen LogP contribution in [0.3, 0.4) is 0 Å². The summed E-state index contributed by atoms with van der Waals surface area (Å²) in [5.74, 6) is -0.598. The summed E-state index contributed by atoms with van der Waals surface area (Å²) in [5.41, 5.74) is 0. The van der Waals surface area contributed by atoms with E-state index in [0.717, 1.165) is 57.8 Å². The molecule has 0 fully saturated rings. The predicted molar refractivity (Wildman–Crippen MR) is 306 cm³/mol. The van der Waals surface area contributed by atoms with Crippen molar-refractivity contribution in [3.05, 3.63) is 60.8 Å². The third-order valence-corrected chi connectivity index (χ3v) is 14.2. The van der Waals surface area contributed by atoms with Crippen molar-refractivity contribution in [2.24, 2.45) is 0 Å². The van der Waals surface area contributed by atoms with Crippen molar-refractivity contribution in [2.75, 3.05) is 6.61 Å². The standard InChI is InChI=1S/C64H119NO5/c1-3-5-7-9-11-13-15-17-19-21-23-25-26-27-28-29-30-31-32-33-34-35-36-37-38-40-42-44-46-48-50-52-54-56-58-62(68)64(70)65-60(59-66)63(69)61(67)57-55-53-51-49-47-45-43-41-39-24-22-20-18-16-14-12-10-8-6-4-2/h20,22,26-27,29-30,41,43,49,51,60-63,66-69H,3-19,21,23-25,28,31-40,42,44-48,50,52-59H2,1-2H3,(H,65,70)/b22-20+,27-26-,30-29-,43-41+,51-49+. The van der Waals surface area contributed by atoms with E-state index in [2.05, 4.69) is 79.9 Å². The first-order valence-electron chi connectivity index (χ1n) is 30.7. The molecule has 0 spiro atoms. The zero-order chi connectivity index (χ0) is 50.9. The number of aliphatic hydroxyl groups is 4. The van der Waals surface area contributed by atoms with Gasteiger partial charge in [0.25, 0.3) is 0 Å². The summed E-state index contributed by atoms with van der Waals surface area (Å²) < 4.78 is 0. The fourth-order valence-electron chi connectivity index (χ4n) is 9.35. The molecule has 0 aromatic heterocycles. The fourth-order valence-corrected chi connectivity index (χ4v) is 9.35. The van der Waals surface area contributed by atoms with Crippen LogP contribution in [-0.2, 0) is 4.79 Å². The number of aliphatic hydroxyl groups excluding tert-OH is 4. The quantitative estimate of drug-likeness (QED) is 0.0308. The molecule has 0 aromatic rings. The largest absolute Gasteiger partial charge is 0.394 e. The van der Waals surface area contributed by atoms with E-state index in [9.17, 15) is 25.2 Å². The second-order valence-electron chi connectivity index (χ2n) is 21.0. The molecular weight excluding hydrogens is 863 g/mol. The van der Waals surface area contributed by atoms with Crippen LogP contribution in [0.5, 0.6) is 0 Å². The van der Waals surface area contributed by atoms with Gasteiger partial charge < -0.3 is 25.7 Å². The number of rotatable bonds is 56. The Kier molecular flexibility index (Phi) is 56.3. The molecule has 1 amide bonds. The zero-order valence-electron chi connectivity index (χ0n) is 46.5. The molecule has 0 heterocycles. The molecule has 0 saturated carbocycles. The van der Waals surface area contributed by atoms with Crippen molar-refractivity contribution in [3.8, 4) is 0 Å². The Morgan fingerprint density at radius 2 is 0.643 bits per heavy atom. The van der Waals surface area contributed by atoms with Gasteiger partial charge in [0.05, 0.1) is 18.8 Å². The van der Waals surface area contributed by atoms with Gasteiger partial charge in [-0.25, -0.2) is 0 Å². The minimum Gasteiger partial charge on any atom is -0.394 e. The van der Waals surface area contributed by atoms with Crippen LogP contribution in [-0.4, -0.2) is 57.3 Å². The molecule has 5 N–H and O–H groups in total. The predicted octanol–water partition coefficient (Wildman–Crippen LogP) is 18.3. The Hall–Kier alpha value is -1.99. The highest BCUT2D eigenvalue weighted by atomic mass is 16.3. The highest BCUT2D eigenvalue weighted by Crippen LogP contribution is 2.17. The van der Waals surface area contributed by atoms with E-state index in [1.54, 1.807) is 0 Å². The normalized spacial score (nSPS) is 14.1. The van der Waals surface area contributed by atoms with Gasteiger partial charge in [0.2, 0.25) is 5.91 Å². The summed E-state index contributed by atoms with van der Waals surface area (Å²) in [5, 5.41) is 44.0. The van der Waals surface area contributed by atoms with E-state index in [1.165, 1.54) is 218 Å². The van der Waals surface area contributed by atoms with Crippen molar-refractivity contribution in [1.29, 1.82) is 0 Å². The number of amides is 1. The van der Waals surface area contributed by atoms with Gasteiger partial charge in [-0.05, 0) is 96.3 Å². The molecule has 0 radical (unpaired) electrons. The molecule has 4 unspecified atom stereocenters. The van der Waals surface area contributed by atoms with Crippen LogP contribution in [0.15, 0.2) is 60.8 Å². The Bertz CT molecular complexity index is 1190. The van der Waals surface area contributed by atoms with Crippen LogP contribution >= 0.6 is 0 Å². The molecule has 0 saturated heterocycles. The fraction of sp³-hybridized carbons (Fsp3) is 0.828. The van der Waals surface area contributed by atoms with Crippen molar-refractivity contribution >= 4 is 5.91 Å². The smallest absolute Gasteiger partial charge is 0.249 e. The molecule has 6 heteroatoms. The SMILES string of the molecule is CCCCCCCCC/C=C/CC/C=C/CC/C=C/CCCC(O)C(O)C(CO)NC(=O)C(O)CCCCCCCCCCCCCCCCCC/C=C\C/C=C\CCCCCCCCCCCCC. The molecule has 0 aliphatic carbocycles. The topological polar surface area (TPSA) is 110 Å². The Balaban J connectivity index is 3.64. The van der Waals surface area contributed by atoms with Crippen LogP contribution in [0.4, 0.5) is 0 Å². The molecule has 0 aliphatic rings. The van der Waals surface area contributed by atoms with Gasteiger partial charge in [-0.15, -0.1) is 0 Å². The van der Waals surface area contributed by atoms with Crippen molar-refractivity contribution in [1.82, 2.24) is 5.32 Å². The van der Waals surface area contributed by atoms with Crippen LogP contribution in [0.1, 0.15) is 309 Å². The van der Waals surface area contributed by atoms with Gasteiger partial charge in [0.1, 0.15) is 12.2 Å². The minimum atomic E-state index is -1.30. The van der Waals surface area contributed by atoms with Gasteiger partial charge in [0.15, 0.2) is 0 Å². The number of carbonyl (C=O) groups is 1. The van der Waals surface area contributed by atoms with Gasteiger partial charge >= 0.3 is 0 Å². The lowest BCUT2D eigenvalue weighted by Crippen LogP contribution is -2.53. The van der Waals surface area contributed by atoms with E-state index < -0.39 is 36.9 Å². The summed E-state index contributed by atoms with van der Waals surface area (Å²) in [6.45, 7) is 4.06. The number of nitrogens with one attached hydrogen (secondary N) is 1. The Morgan fingerprint density at radius 1 is 0.357 bits per heavy atom. The van der Waals surface area contributed by atoms with E-state index >= 15 is 0 Å². The van der Waals surface area contributed by atoms with E-state index in [0.29, 0.717) is 19.3 Å². The summed E-state index contributed by atoms with van der Waals surface area (Å²) in [6, 6.07) is -1.01. The monoisotopic (exact) mass is 982 g/mol. The van der Waals surface area contributed by atoms with E-state index in [1.807, 2.05) is 0 Å². The molecule has 4 atom stereocenters. The highest BCUT2D eigenvalue weighted by molar-refractivity contribution is 5.80. The van der Waals surface area contributed by atoms with E-state index in [4.69, 9.17) is 0 Å². The lowest BCUT2D eigenvalue weighted by atomic mass is 10.00. The second-order valence-corrected chi connectivity index (χ2v) is 21.0. The summed E-state index contributed by atoms with van der Waals surface area (Å²) in [6.07, 6.45) is 76.0. The molecular formula is C64H119NO5. The lowest BCUT2D eigenvalue weighted by molar-refractivity contribution is -0.132. The molecule has 410 valence electrons. The third kappa shape index (κ3) is 50.9. The maximum Gasteiger partial charge on any atom is 0.249 e. The molecule has 0 rings (SSSR count). The number of hydrogen-bond acceptors (Lipinski definition) is 5. The first-order chi connectivity index (χ1) is 34.5. The Labute approximate surface area is 435 Å². The van der Waals surface area contributed by atoms with E-state index in [-0.39, 0.29) is 0 Å². The second kappa shape index (κ2) is 57.9. The minimum absolute atomic E-state index is 0.358. The maximum atomic E-state index is 12.6. The molecule has 0 aromatic carbocycles. The van der Waals surface area contributed by atoms with Crippen LogP contribution in [0, 0.1) is 0 Å². The van der Waals surface area contributed by atoms with Crippen LogP contribution in [0.2, 0.25) is 0 Å². The molecule has 70 heavy (non-hydrogen) atoms. The molecule has 0 bridgehead atoms. The van der Waals surface area contributed by atoms with Crippen molar-refractivity contribution in [2.45, 2.75) is 334 Å². The van der Waals surface area contributed by atoms with Gasteiger partial charge in [-0.3, -0.25) is 4.79 Å². The summed E-state index contributed by atoms with van der Waals surface area (Å²) >= 11 is 0. The third-order valence-electron chi connectivity index (χ3n) is 14.2. The average molecular weight is 983 g/mol. The first kappa shape index (κ1) is 68.0. The summed E-state index contributed by atoms with van der Waals surface area (Å²) in [7, 11) is 0. The number of allylic oxidation sites excluding steroid dienone is 10. The summed E-state index contributed by atoms with van der Waals surface area (Å²) in [4.78, 5) is 12.6. The highest BCUT2D eigenvalue weighted by Gasteiger charge is 2.28. The van der Waals surface area contributed by atoms with Gasteiger partial charge in [-0.2, -0.15) is 0 Å². The van der Waals surface area contributed by atoms with Crippen molar-refractivity contribution in [3.63, 3.8) is 0 Å². The molecule has 6 nitrogen and oxygen atoms in total. The molecule has 0 aliphatic heterocycles. The first-order valence-corrected chi connectivity index (χ1v) is 30.7. The average Bonchev–Trinajstić information content (AvgIpc) is 3.36. The van der Waals surface area contributed by atoms with Gasteiger partial charge in [-0.1, -0.05) is 274 Å². The lowest BCUT2D eigenvalue weighted by Gasteiger charge is -2.27. The number of unbranched alkanes of at least 4 members (excludes halogenated alkanes) is 37. The van der Waals surface area contributed by atoms with Crippen LogP contribution in [0.25, 0.3) is 0 Å². The van der Waals surface area contributed by atoms with Crippen LogP contribution < -0.4 is 5.32 Å². The maximum absolute atomic E-state index is 12.6.